The molecule has 0 saturated heterocycles. The second-order valence-corrected chi connectivity index (χ2v) is 16.0. The highest BCUT2D eigenvalue weighted by atomic mass is 16.3. The van der Waals surface area contributed by atoms with Gasteiger partial charge >= 0.3 is 0 Å². The van der Waals surface area contributed by atoms with Crippen molar-refractivity contribution in [2.24, 2.45) is 0 Å². The Morgan fingerprint density at radius 1 is 0.355 bits per heavy atom. The summed E-state index contributed by atoms with van der Waals surface area (Å²) in [6.07, 6.45) is 0. The number of para-hydroxylation sites is 4. The molecule has 13 aromatic rings. The van der Waals surface area contributed by atoms with Gasteiger partial charge in [0, 0.05) is 49.3 Å². The molecule has 0 atom stereocenters. The maximum absolute atomic E-state index is 6.78. The molecule has 0 N–H and O–H groups in total. The third kappa shape index (κ3) is 5.27. The molecule has 3 heterocycles. The molecule has 0 amide bonds. The van der Waals surface area contributed by atoms with E-state index in [0.717, 1.165) is 99.7 Å². The average Bonchev–Trinajstić information content (AvgIpc) is 4.02. The molecule has 13 rings (SSSR count). The zero-order chi connectivity index (χ0) is 40.7. The molecule has 0 radical (unpaired) electrons. The van der Waals surface area contributed by atoms with Crippen molar-refractivity contribution in [1.82, 2.24) is 4.57 Å². The monoisotopic (exact) mass is 792 g/mol. The summed E-state index contributed by atoms with van der Waals surface area (Å²) in [7, 11) is 0. The van der Waals surface area contributed by atoms with E-state index in [-0.39, 0.29) is 0 Å². The number of furan rings is 2. The first kappa shape index (κ1) is 34.5. The van der Waals surface area contributed by atoms with Gasteiger partial charge in [-0.2, -0.15) is 0 Å². The van der Waals surface area contributed by atoms with Crippen LogP contribution in [0.5, 0.6) is 0 Å². The Bertz CT molecular complexity index is 3890. The Labute approximate surface area is 356 Å². The second kappa shape index (κ2) is 13.6. The van der Waals surface area contributed by atoms with Gasteiger partial charge in [-0.1, -0.05) is 133 Å². The summed E-state index contributed by atoms with van der Waals surface area (Å²) < 4.78 is 15.6. The number of anilines is 3. The molecule has 4 nitrogen and oxygen atoms in total. The lowest BCUT2D eigenvalue weighted by molar-refractivity contribution is 0.669. The lowest BCUT2D eigenvalue weighted by atomic mass is 9.98. The first-order valence-corrected chi connectivity index (χ1v) is 21.1. The zero-order valence-corrected chi connectivity index (χ0v) is 33.5. The zero-order valence-electron chi connectivity index (χ0n) is 33.5. The number of hydrogen-bond acceptors (Lipinski definition) is 3. The largest absolute Gasteiger partial charge is 0.456 e. The Morgan fingerprint density at radius 2 is 1.03 bits per heavy atom. The van der Waals surface area contributed by atoms with Gasteiger partial charge in [-0.3, -0.25) is 0 Å². The van der Waals surface area contributed by atoms with Crippen LogP contribution in [-0.2, 0) is 0 Å². The molecule has 4 heteroatoms. The van der Waals surface area contributed by atoms with Gasteiger partial charge < -0.3 is 18.3 Å². The number of nitrogens with zero attached hydrogens (tertiary/aromatic N) is 2. The van der Waals surface area contributed by atoms with Crippen molar-refractivity contribution in [3.05, 3.63) is 218 Å². The van der Waals surface area contributed by atoms with Gasteiger partial charge in [-0.25, -0.2) is 0 Å². The standard InChI is InChI=1S/C58H36N2O2/c1-2-16-41(17-3-1)59-51-24-10-7-21-45(51)49-35-39(30-33-52(49)59)38-15-12-18-42(34-38)60(53-25-13-27-55-57(53)48-32-28-37-14-4-5-20-44(37)58(48)62-55)50-23-9-6-19-43(50)40-29-31-47-46-22-8-11-26-54(46)61-56(47)36-40/h1-36H. The minimum absolute atomic E-state index is 0.844. The molecule has 0 unspecified atom stereocenters. The van der Waals surface area contributed by atoms with Crippen LogP contribution in [-0.4, -0.2) is 4.57 Å². The summed E-state index contributed by atoms with van der Waals surface area (Å²) in [4.78, 5) is 2.41. The fraction of sp³-hybridized carbons (Fsp3) is 0. The SMILES string of the molecule is c1ccc(-n2c3ccccc3c3cc(-c4cccc(N(c5ccccc5-c5ccc6c(c5)oc5ccccc56)c5cccc6oc7c8ccccc8ccc7c56)c4)ccc32)cc1. The fourth-order valence-electron chi connectivity index (χ4n) is 9.77. The molecule has 10 aromatic carbocycles. The van der Waals surface area contributed by atoms with E-state index in [4.69, 9.17) is 8.83 Å². The van der Waals surface area contributed by atoms with Crippen LogP contribution in [0.1, 0.15) is 0 Å². The highest BCUT2D eigenvalue weighted by Gasteiger charge is 2.24. The van der Waals surface area contributed by atoms with Gasteiger partial charge in [0.15, 0.2) is 0 Å². The Balaban J connectivity index is 1.04. The molecule has 3 aromatic heterocycles. The van der Waals surface area contributed by atoms with Crippen LogP contribution in [0.3, 0.4) is 0 Å². The Morgan fingerprint density at radius 3 is 1.97 bits per heavy atom. The van der Waals surface area contributed by atoms with Crippen LogP contribution >= 0.6 is 0 Å². The maximum Gasteiger partial charge on any atom is 0.143 e. The first-order valence-electron chi connectivity index (χ1n) is 21.1. The van der Waals surface area contributed by atoms with E-state index in [1.165, 1.54) is 21.8 Å². The molecule has 62 heavy (non-hydrogen) atoms. The molecule has 0 aliphatic carbocycles. The van der Waals surface area contributed by atoms with Crippen molar-refractivity contribution >= 4 is 93.5 Å². The fourth-order valence-corrected chi connectivity index (χ4v) is 9.77. The number of fused-ring (bicyclic) bond motifs is 11. The Kier molecular flexibility index (Phi) is 7.57. The summed E-state index contributed by atoms with van der Waals surface area (Å²) in [5, 5.41) is 9.08. The van der Waals surface area contributed by atoms with Gasteiger partial charge in [0.05, 0.1) is 27.8 Å². The highest BCUT2D eigenvalue weighted by Crippen LogP contribution is 2.48. The van der Waals surface area contributed by atoms with Crippen molar-refractivity contribution in [2.75, 3.05) is 4.90 Å². The summed E-state index contributed by atoms with van der Waals surface area (Å²) in [5.74, 6) is 0. The molecule has 0 spiro atoms. The van der Waals surface area contributed by atoms with E-state index in [0.29, 0.717) is 0 Å². The van der Waals surface area contributed by atoms with E-state index >= 15 is 0 Å². The van der Waals surface area contributed by atoms with Crippen molar-refractivity contribution in [1.29, 1.82) is 0 Å². The molecule has 0 aliphatic heterocycles. The minimum Gasteiger partial charge on any atom is -0.456 e. The van der Waals surface area contributed by atoms with Crippen molar-refractivity contribution in [3.63, 3.8) is 0 Å². The van der Waals surface area contributed by atoms with Crippen molar-refractivity contribution in [3.8, 4) is 27.9 Å². The maximum atomic E-state index is 6.78. The van der Waals surface area contributed by atoms with E-state index in [2.05, 4.69) is 216 Å². The Hall–Kier alpha value is -8.34. The predicted molar refractivity (Wildman–Crippen MR) is 258 cm³/mol. The van der Waals surface area contributed by atoms with E-state index in [9.17, 15) is 0 Å². The quantitative estimate of drug-likeness (QED) is 0.168. The topological polar surface area (TPSA) is 34.5 Å². The molecular weight excluding hydrogens is 757 g/mol. The molecule has 0 fully saturated rings. The number of benzene rings is 10. The highest BCUT2D eigenvalue weighted by molar-refractivity contribution is 6.20. The molecule has 290 valence electrons. The average molecular weight is 793 g/mol. The third-order valence-electron chi connectivity index (χ3n) is 12.6. The van der Waals surface area contributed by atoms with Gasteiger partial charge in [-0.15, -0.1) is 0 Å². The van der Waals surface area contributed by atoms with E-state index < -0.39 is 0 Å². The summed E-state index contributed by atoms with van der Waals surface area (Å²) in [6, 6.07) is 78.0. The first-order chi connectivity index (χ1) is 30.7. The summed E-state index contributed by atoms with van der Waals surface area (Å²) >= 11 is 0. The van der Waals surface area contributed by atoms with E-state index in [1.807, 2.05) is 12.1 Å². The van der Waals surface area contributed by atoms with Gasteiger partial charge in [0.25, 0.3) is 0 Å². The number of aromatic nitrogens is 1. The van der Waals surface area contributed by atoms with Crippen molar-refractivity contribution in [2.45, 2.75) is 0 Å². The minimum atomic E-state index is 0.844. The predicted octanol–water partition coefficient (Wildman–Crippen LogP) is 16.5. The lowest BCUT2D eigenvalue weighted by Crippen LogP contribution is -2.11. The normalized spacial score (nSPS) is 11.9. The van der Waals surface area contributed by atoms with Crippen LogP contribution < -0.4 is 4.90 Å². The summed E-state index contributed by atoms with van der Waals surface area (Å²) in [5.41, 5.74) is 14.6. The van der Waals surface area contributed by atoms with Crippen LogP contribution in [0.2, 0.25) is 0 Å². The third-order valence-corrected chi connectivity index (χ3v) is 12.6. The van der Waals surface area contributed by atoms with Crippen LogP contribution in [0.4, 0.5) is 17.1 Å². The second-order valence-electron chi connectivity index (χ2n) is 16.0. The van der Waals surface area contributed by atoms with Crippen molar-refractivity contribution < 1.29 is 8.83 Å². The van der Waals surface area contributed by atoms with Crippen LogP contribution in [0.15, 0.2) is 227 Å². The molecule has 0 saturated carbocycles. The molecular formula is C58H36N2O2. The van der Waals surface area contributed by atoms with Crippen LogP contribution in [0, 0.1) is 0 Å². The van der Waals surface area contributed by atoms with Gasteiger partial charge in [0.2, 0.25) is 0 Å². The molecule has 0 aliphatic rings. The van der Waals surface area contributed by atoms with Crippen LogP contribution in [0.25, 0.3) is 104 Å². The lowest BCUT2D eigenvalue weighted by Gasteiger charge is -2.29. The molecule has 0 bridgehead atoms. The van der Waals surface area contributed by atoms with Gasteiger partial charge in [-0.05, 0) is 107 Å². The summed E-state index contributed by atoms with van der Waals surface area (Å²) in [6.45, 7) is 0. The van der Waals surface area contributed by atoms with Gasteiger partial charge in [0.1, 0.15) is 22.3 Å². The smallest absolute Gasteiger partial charge is 0.143 e. The number of hydrogen-bond donors (Lipinski definition) is 0. The van der Waals surface area contributed by atoms with E-state index in [1.54, 1.807) is 0 Å². The number of rotatable bonds is 6.